The van der Waals surface area contributed by atoms with Crippen LogP contribution in [0.2, 0.25) is 0 Å². The van der Waals surface area contributed by atoms with Gasteiger partial charge in [-0.15, -0.1) is 0 Å². The molecule has 3 heteroatoms. The van der Waals surface area contributed by atoms with Gasteiger partial charge in [-0.1, -0.05) is 24.3 Å². The number of hydrogen-bond donors (Lipinski definition) is 1. The zero-order chi connectivity index (χ0) is 11.4. The summed E-state index contributed by atoms with van der Waals surface area (Å²) in [6.07, 6.45) is 0.412. The van der Waals surface area contributed by atoms with Crippen molar-refractivity contribution in [1.29, 1.82) is 0 Å². The van der Waals surface area contributed by atoms with Crippen LogP contribution in [0, 0.1) is 11.6 Å². The largest absolute Gasteiger partial charge is 0.313 e. The smallest absolute Gasteiger partial charge is 0.162 e. The minimum atomic E-state index is -0.802. The Labute approximate surface area is 88.8 Å². The second-order valence-electron chi connectivity index (χ2n) is 3.60. The predicted molar refractivity (Wildman–Crippen MR) is 57.7 cm³/mol. The number of nitrogens with one attached hydrogen (secondary N) is 1. The van der Waals surface area contributed by atoms with Gasteiger partial charge in [-0.3, -0.25) is 0 Å². The highest BCUT2D eigenvalue weighted by Gasteiger charge is 2.13. The fourth-order valence-electron chi connectivity index (χ4n) is 1.45. The Bertz CT molecular complexity index is 361. The molecule has 0 aliphatic carbocycles. The van der Waals surface area contributed by atoms with Gasteiger partial charge in [0, 0.05) is 6.04 Å². The summed E-state index contributed by atoms with van der Waals surface area (Å²) in [6.45, 7) is 5.66. The van der Waals surface area contributed by atoms with E-state index >= 15 is 0 Å². The molecule has 0 fully saturated rings. The molecule has 1 unspecified atom stereocenters. The first-order valence-corrected chi connectivity index (χ1v) is 4.81. The Kier molecular flexibility index (Phi) is 3.97. The molecule has 0 amide bonds. The van der Waals surface area contributed by atoms with Crippen molar-refractivity contribution in [2.45, 2.75) is 19.4 Å². The first-order valence-electron chi connectivity index (χ1n) is 4.81. The van der Waals surface area contributed by atoms with E-state index in [0.29, 0.717) is 12.0 Å². The van der Waals surface area contributed by atoms with Gasteiger partial charge < -0.3 is 5.32 Å². The van der Waals surface area contributed by atoms with E-state index in [0.717, 1.165) is 11.6 Å². The first kappa shape index (κ1) is 11.9. The average Bonchev–Trinajstić information content (AvgIpc) is 2.19. The average molecular weight is 211 g/mol. The summed E-state index contributed by atoms with van der Waals surface area (Å²) in [5, 5.41) is 3.01. The fourth-order valence-corrected chi connectivity index (χ4v) is 1.45. The van der Waals surface area contributed by atoms with Crippen LogP contribution in [0.25, 0.3) is 0 Å². The number of hydrogen-bond acceptors (Lipinski definition) is 1. The third-order valence-corrected chi connectivity index (χ3v) is 2.40. The molecule has 1 nitrogen and oxygen atoms in total. The second-order valence-corrected chi connectivity index (χ2v) is 3.60. The molecule has 0 saturated heterocycles. The second kappa shape index (κ2) is 5.03. The highest BCUT2D eigenvalue weighted by molar-refractivity contribution is 5.22. The Morgan fingerprint density at radius 2 is 2.13 bits per heavy atom. The highest BCUT2D eigenvalue weighted by Crippen LogP contribution is 2.15. The molecule has 0 spiro atoms. The summed E-state index contributed by atoms with van der Waals surface area (Å²) < 4.78 is 26.2. The van der Waals surface area contributed by atoms with Crippen molar-refractivity contribution in [1.82, 2.24) is 5.32 Å². The molecule has 0 aromatic heterocycles. The van der Waals surface area contributed by atoms with E-state index in [9.17, 15) is 8.78 Å². The number of likely N-dealkylation sites (N-methyl/N-ethyl adjacent to an activating group) is 1. The lowest BCUT2D eigenvalue weighted by Crippen LogP contribution is -2.28. The van der Waals surface area contributed by atoms with Crippen LogP contribution in [0.5, 0.6) is 0 Å². The van der Waals surface area contributed by atoms with Crippen LogP contribution in [0.1, 0.15) is 12.5 Å². The van der Waals surface area contributed by atoms with Gasteiger partial charge in [0.15, 0.2) is 11.6 Å². The summed E-state index contributed by atoms with van der Waals surface area (Å²) in [5.74, 6) is -1.57. The Morgan fingerprint density at radius 3 is 2.67 bits per heavy atom. The zero-order valence-electron chi connectivity index (χ0n) is 8.98. The quantitative estimate of drug-likeness (QED) is 0.755. The lowest BCUT2D eigenvalue weighted by atomic mass is 10.0. The van der Waals surface area contributed by atoms with E-state index in [-0.39, 0.29) is 6.04 Å². The van der Waals surface area contributed by atoms with Crippen molar-refractivity contribution in [3.63, 3.8) is 0 Å². The SMILES string of the molecule is C=C(C)C(Cc1cccc(F)c1F)NC. The molecular formula is C12H15F2N. The molecule has 1 N–H and O–H groups in total. The van der Waals surface area contributed by atoms with Crippen molar-refractivity contribution >= 4 is 0 Å². The Balaban J connectivity index is 2.88. The summed E-state index contributed by atoms with van der Waals surface area (Å²) in [5.41, 5.74) is 1.28. The lowest BCUT2D eigenvalue weighted by molar-refractivity contribution is 0.491. The van der Waals surface area contributed by atoms with Gasteiger partial charge in [0.05, 0.1) is 0 Å². The van der Waals surface area contributed by atoms with Crippen molar-refractivity contribution in [2.24, 2.45) is 0 Å². The zero-order valence-corrected chi connectivity index (χ0v) is 8.98. The third-order valence-electron chi connectivity index (χ3n) is 2.40. The molecule has 0 aliphatic heterocycles. The van der Waals surface area contributed by atoms with Crippen LogP contribution in [0.4, 0.5) is 8.78 Å². The van der Waals surface area contributed by atoms with Gasteiger partial charge in [0.25, 0.3) is 0 Å². The molecule has 1 aromatic carbocycles. The van der Waals surface area contributed by atoms with E-state index in [4.69, 9.17) is 0 Å². The lowest BCUT2D eigenvalue weighted by Gasteiger charge is -2.16. The molecule has 82 valence electrons. The predicted octanol–water partition coefficient (Wildman–Crippen LogP) is 2.67. The van der Waals surface area contributed by atoms with Crippen molar-refractivity contribution in [3.8, 4) is 0 Å². The summed E-state index contributed by atoms with van der Waals surface area (Å²) in [4.78, 5) is 0. The molecule has 0 radical (unpaired) electrons. The van der Waals surface area contributed by atoms with E-state index in [1.807, 2.05) is 6.92 Å². The summed E-state index contributed by atoms with van der Waals surface area (Å²) >= 11 is 0. The van der Waals surface area contributed by atoms with Crippen LogP contribution in [0.15, 0.2) is 30.4 Å². The maximum atomic E-state index is 13.3. The van der Waals surface area contributed by atoms with Crippen LogP contribution >= 0.6 is 0 Å². The van der Waals surface area contributed by atoms with Crippen molar-refractivity contribution in [2.75, 3.05) is 7.05 Å². The van der Waals surface area contributed by atoms with E-state index in [2.05, 4.69) is 11.9 Å². The monoisotopic (exact) mass is 211 g/mol. The first-order chi connectivity index (χ1) is 7.06. The number of halogens is 2. The molecule has 0 aliphatic rings. The van der Waals surface area contributed by atoms with Crippen LogP contribution in [0.3, 0.4) is 0 Å². The van der Waals surface area contributed by atoms with Gasteiger partial charge in [0.2, 0.25) is 0 Å². The maximum absolute atomic E-state index is 13.3. The molecule has 0 saturated carbocycles. The van der Waals surface area contributed by atoms with Crippen molar-refractivity contribution in [3.05, 3.63) is 47.5 Å². The minimum absolute atomic E-state index is 0.0266. The van der Waals surface area contributed by atoms with Gasteiger partial charge >= 0.3 is 0 Å². The molecule has 1 rings (SSSR count). The standard InChI is InChI=1S/C12H15F2N/c1-8(2)11(15-3)7-9-5-4-6-10(13)12(9)14/h4-6,11,15H,1,7H2,2-3H3. The van der Waals surface area contributed by atoms with E-state index < -0.39 is 11.6 Å². The van der Waals surface area contributed by atoms with Crippen molar-refractivity contribution < 1.29 is 8.78 Å². The Morgan fingerprint density at radius 1 is 1.47 bits per heavy atom. The van der Waals surface area contributed by atoms with Gasteiger partial charge in [-0.25, -0.2) is 8.78 Å². The van der Waals surface area contributed by atoms with Gasteiger partial charge in [-0.2, -0.15) is 0 Å². The summed E-state index contributed by atoms with van der Waals surface area (Å²) in [7, 11) is 1.77. The minimum Gasteiger partial charge on any atom is -0.313 e. The van der Waals surface area contributed by atoms with Crippen LogP contribution in [-0.4, -0.2) is 13.1 Å². The molecule has 15 heavy (non-hydrogen) atoms. The topological polar surface area (TPSA) is 12.0 Å². The summed E-state index contributed by atoms with van der Waals surface area (Å²) in [6, 6.07) is 4.19. The third kappa shape index (κ3) is 2.86. The molecule has 0 bridgehead atoms. The Hall–Kier alpha value is -1.22. The molecule has 1 atom stereocenters. The number of rotatable bonds is 4. The van der Waals surface area contributed by atoms with E-state index in [1.54, 1.807) is 13.1 Å². The maximum Gasteiger partial charge on any atom is 0.162 e. The molecular weight excluding hydrogens is 196 g/mol. The van der Waals surface area contributed by atoms with Gasteiger partial charge in [-0.05, 0) is 32.0 Å². The fraction of sp³-hybridized carbons (Fsp3) is 0.333. The van der Waals surface area contributed by atoms with E-state index in [1.165, 1.54) is 6.07 Å². The molecule has 1 aromatic rings. The normalized spacial score (nSPS) is 12.5. The number of benzene rings is 1. The highest BCUT2D eigenvalue weighted by atomic mass is 19.2. The molecule has 0 heterocycles. The van der Waals surface area contributed by atoms with Crippen LogP contribution < -0.4 is 5.32 Å². The van der Waals surface area contributed by atoms with Crippen LogP contribution in [-0.2, 0) is 6.42 Å². The van der Waals surface area contributed by atoms with Gasteiger partial charge in [0.1, 0.15) is 0 Å².